The quantitative estimate of drug-likeness (QED) is 0.891. The number of rotatable bonds is 4. The Morgan fingerprint density at radius 3 is 2.50 bits per heavy atom. The molecule has 1 aliphatic rings. The fourth-order valence-corrected chi connectivity index (χ4v) is 2.82. The number of hydrogen-bond acceptors (Lipinski definition) is 2. The molecule has 0 aromatic heterocycles. The normalized spacial score (nSPS) is 16.7. The third-order valence-electron chi connectivity index (χ3n) is 3.54. The van der Waals surface area contributed by atoms with Gasteiger partial charge in [0.05, 0.1) is 10.7 Å². The number of hydrogen-bond donors (Lipinski definition) is 1. The van der Waals surface area contributed by atoms with Crippen LogP contribution in [0.2, 0.25) is 5.02 Å². The second kappa shape index (κ2) is 7.01. The minimum Gasteiger partial charge on any atom is -0.370 e. The molecule has 2 nitrogen and oxygen atoms in total. The van der Waals surface area contributed by atoms with Crippen LogP contribution in [0.5, 0.6) is 0 Å². The van der Waals surface area contributed by atoms with Gasteiger partial charge in [0.2, 0.25) is 0 Å². The highest BCUT2D eigenvalue weighted by Gasteiger charge is 2.12. The van der Waals surface area contributed by atoms with E-state index in [1.54, 1.807) is 0 Å². The van der Waals surface area contributed by atoms with Gasteiger partial charge in [-0.3, -0.25) is 0 Å². The predicted molar refractivity (Wildman–Crippen MR) is 79.5 cm³/mol. The molecule has 1 aromatic rings. The average Bonchev–Trinajstić information content (AvgIpc) is 2.65. The third kappa shape index (κ3) is 3.63. The Balaban J connectivity index is 2.08. The van der Waals surface area contributed by atoms with Crippen LogP contribution in [0.3, 0.4) is 0 Å². The standard InChI is InChI=1S/C15H23ClN2/c1-2-17-12-13-7-8-15(14(16)11-13)18-9-5-3-4-6-10-18/h7-8,11,17H,2-6,9-10,12H2,1H3. The van der Waals surface area contributed by atoms with Crippen LogP contribution in [0.25, 0.3) is 0 Å². The van der Waals surface area contributed by atoms with E-state index < -0.39 is 0 Å². The predicted octanol–water partition coefficient (Wildman–Crippen LogP) is 3.83. The topological polar surface area (TPSA) is 15.3 Å². The maximum absolute atomic E-state index is 6.43. The summed E-state index contributed by atoms with van der Waals surface area (Å²) in [5.41, 5.74) is 2.47. The van der Waals surface area contributed by atoms with Gasteiger partial charge in [-0.1, -0.05) is 37.4 Å². The monoisotopic (exact) mass is 266 g/mol. The average molecular weight is 267 g/mol. The van der Waals surface area contributed by atoms with Crippen LogP contribution < -0.4 is 10.2 Å². The molecule has 1 N–H and O–H groups in total. The minimum atomic E-state index is 0.896. The molecule has 3 heteroatoms. The van der Waals surface area contributed by atoms with Gasteiger partial charge in [0, 0.05) is 19.6 Å². The molecule has 1 aliphatic heterocycles. The first kappa shape index (κ1) is 13.7. The summed E-state index contributed by atoms with van der Waals surface area (Å²) >= 11 is 6.43. The Hall–Kier alpha value is -0.730. The van der Waals surface area contributed by atoms with Crippen molar-refractivity contribution in [3.8, 4) is 0 Å². The van der Waals surface area contributed by atoms with Gasteiger partial charge in [-0.15, -0.1) is 0 Å². The van der Waals surface area contributed by atoms with Crippen LogP contribution in [0.4, 0.5) is 5.69 Å². The Labute approximate surface area is 115 Å². The van der Waals surface area contributed by atoms with Crippen molar-refractivity contribution in [2.45, 2.75) is 39.2 Å². The number of benzene rings is 1. The lowest BCUT2D eigenvalue weighted by Gasteiger charge is -2.24. The van der Waals surface area contributed by atoms with Crippen LogP contribution in [0.15, 0.2) is 18.2 Å². The summed E-state index contributed by atoms with van der Waals surface area (Å²) in [4.78, 5) is 2.44. The summed E-state index contributed by atoms with van der Waals surface area (Å²) in [5, 5.41) is 4.22. The molecule has 0 amide bonds. The fourth-order valence-electron chi connectivity index (χ4n) is 2.50. The first-order valence-electron chi connectivity index (χ1n) is 7.05. The molecule has 0 saturated carbocycles. The minimum absolute atomic E-state index is 0.896. The molecule has 1 fully saturated rings. The van der Waals surface area contributed by atoms with E-state index in [-0.39, 0.29) is 0 Å². The van der Waals surface area contributed by atoms with Crippen molar-refractivity contribution in [2.75, 3.05) is 24.5 Å². The largest absolute Gasteiger partial charge is 0.370 e. The summed E-state index contributed by atoms with van der Waals surface area (Å²) in [7, 11) is 0. The third-order valence-corrected chi connectivity index (χ3v) is 3.84. The smallest absolute Gasteiger partial charge is 0.0642 e. The summed E-state index contributed by atoms with van der Waals surface area (Å²) in [6.45, 7) is 6.30. The molecule has 1 saturated heterocycles. The molecule has 0 bridgehead atoms. The Morgan fingerprint density at radius 1 is 1.17 bits per heavy atom. The van der Waals surface area contributed by atoms with Gasteiger partial charge in [0.1, 0.15) is 0 Å². The zero-order valence-corrected chi connectivity index (χ0v) is 12.0. The molecule has 0 spiro atoms. The number of nitrogens with one attached hydrogen (secondary N) is 1. The van der Waals surface area contributed by atoms with E-state index in [4.69, 9.17) is 11.6 Å². The fraction of sp³-hybridized carbons (Fsp3) is 0.600. The first-order valence-corrected chi connectivity index (χ1v) is 7.43. The maximum Gasteiger partial charge on any atom is 0.0642 e. The van der Waals surface area contributed by atoms with Gasteiger partial charge in [-0.2, -0.15) is 0 Å². The molecule has 0 radical (unpaired) electrons. The van der Waals surface area contributed by atoms with Gasteiger partial charge >= 0.3 is 0 Å². The van der Waals surface area contributed by atoms with E-state index in [0.29, 0.717) is 0 Å². The first-order chi connectivity index (χ1) is 8.81. The number of halogens is 1. The highest BCUT2D eigenvalue weighted by atomic mass is 35.5. The molecule has 1 heterocycles. The van der Waals surface area contributed by atoms with E-state index in [0.717, 1.165) is 31.2 Å². The van der Waals surface area contributed by atoms with Crippen LogP contribution in [-0.2, 0) is 6.54 Å². The van der Waals surface area contributed by atoms with Crippen molar-refractivity contribution < 1.29 is 0 Å². The molecule has 0 aliphatic carbocycles. The highest BCUT2D eigenvalue weighted by Crippen LogP contribution is 2.28. The van der Waals surface area contributed by atoms with E-state index in [9.17, 15) is 0 Å². The second-order valence-corrected chi connectivity index (χ2v) is 5.37. The van der Waals surface area contributed by atoms with Crippen molar-refractivity contribution >= 4 is 17.3 Å². The van der Waals surface area contributed by atoms with Gasteiger partial charge < -0.3 is 10.2 Å². The van der Waals surface area contributed by atoms with Crippen molar-refractivity contribution in [3.05, 3.63) is 28.8 Å². The molecule has 18 heavy (non-hydrogen) atoms. The summed E-state index contributed by atoms with van der Waals surface area (Å²) in [5.74, 6) is 0. The lowest BCUT2D eigenvalue weighted by atomic mass is 10.2. The SMILES string of the molecule is CCNCc1ccc(N2CCCCCC2)c(Cl)c1. The lowest BCUT2D eigenvalue weighted by molar-refractivity contribution is 0.726. The van der Waals surface area contributed by atoms with Crippen LogP contribution in [0.1, 0.15) is 38.2 Å². The maximum atomic E-state index is 6.43. The van der Waals surface area contributed by atoms with Crippen molar-refractivity contribution in [1.82, 2.24) is 5.32 Å². The molecular formula is C15H23ClN2. The zero-order chi connectivity index (χ0) is 12.8. The molecular weight excluding hydrogens is 244 g/mol. The van der Waals surface area contributed by atoms with E-state index >= 15 is 0 Å². The number of nitrogens with zero attached hydrogens (tertiary/aromatic N) is 1. The summed E-state index contributed by atoms with van der Waals surface area (Å²) in [6, 6.07) is 6.47. The molecule has 1 aromatic carbocycles. The van der Waals surface area contributed by atoms with Gasteiger partial charge in [0.25, 0.3) is 0 Å². The Morgan fingerprint density at radius 2 is 1.89 bits per heavy atom. The lowest BCUT2D eigenvalue weighted by Crippen LogP contribution is -2.24. The van der Waals surface area contributed by atoms with Crippen LogP contribution >= 0.6 is 11.6 Å². The number of anilines is 1. The Bertz CT molecular complexity index is 371. The van der Waals surface area contributed by atoms with Gasteiger partial charge in [0.15, 0.2) is 0 Å². The van der Waals surface area contributed by atoms with Crippen molar-refractivity contribution in [1.29, 1.82) is 0 Å². The van der Waals surface area contributed by atoms with Crippen molar-refractivity contribution in [2.24, 2.45) is 0 Å². The van der Waals surface area contributed by atoms with E-state index in [1.165, 1.54) is 36.9 Å². The Kier molecular flexibility index (Phi) is 5.33. The summed E-state index contributed by atoms with van der Waals surface area (Å²) in [6.07, 6.45) is 5.28. The summed E-state index contributed by atoms with van der Waals surface area (Å²) < 4.78 is 0. The van der Waals surface area contributed by atoms with Crippen LogP contribution in [-0.4, -0.2) is 19.6 Å². The van der Waals surface area contributed by atoms with Gasteiger partial charge in [-0.05, 0) is 37.1 Å². The second-order valence-electron chi connectivity index (χ2n) is 4.97. The van der Waals surface area contributed by atoms with E-state index in [2.05, 4.69) is 35.3 Å². The highest BCUT2D eigenvalue weighted by molar-refractivity contribution is 6.33. The zero-order valence-electron chi connectivity index (χ0n) is 11.2. The molecule has 100 valence electrons. The van der Waals surface area contributed by atoms with Gasteiger partial charge in [-0.25, -0.2) is 0 Å². The molecule has 0 atom stereocenters. The van der Waals surface area contributed by atoms with Crippen molar-refractivity contribution in [3.63, 3.8) is 0 Å². The van der Waals surface area contributed by atoms with E-state index in [1.807, 2.05) is 0 Å². The molecule has 0 unspecified atom stereocenters. The molecule has 2 rings (SSSR count). The van der Waals surface area contributed by atoms with Crippen LogP contribution in [0, 0.1) is 0 Å².